The molecule has 0 saturated heterocycles. The summed E-state index contributed by atoms with van der Waals surface area (Å²) in [4.78, 5) is 38.0. The topological polar surface area (TPSA) is 115 Å². The third kappa shape index (κ3) is 4.14. The highest BCUT2D eigenvalue weighted by Crippen LogP contribution is 2.41. The lowest BCUT2D eigenvalue weighted by molar-refractivity contribution is -0.141. The summed E-state index contributed by atoms with van der Waals surface area (Å²) in [5, 5.41) is 12.4. The van der Waals surface area contributed by atoms with E-state index in [0.717, 1.165) is 0 Å². The summed E-state index contributed by atoms with van der Waals surface area (Å²) in [6, 6.07) is 8.61. The highest BCUT2D eigenvalue weighted by Gasteiger charge is 2.42. The Kier molecular flexibility index (Phi) is 7.15. The van der Waals surface area contributed by atoms with Gasteiger partial charge < -0.3 is 19.5 Å². The van der Waals surface area contributed by atoms with Gasteiger partial charge in [-0.25, -0.2) is 14.4 Å². The second-order valence-electron chi connectivity index (χ2n) is 6.00. The first-order valence-electron chi connectivity index (χ1n) is 9.01. The van der Waals surface area contributed by atoms with Gasteiger partial charge in [0.05, 0.1) is 49.5 Å². The molecule has 8 heteroatoms. The lowest BCUT2D eigenvalue weighted by Crippen LogP contribution is -2.37. The van der Waals surface area contributed by atoms with Gasteiger partial charge in [0.1, 0.15) is 5.70 Å². The second kappa shape index (κ2) is 9.55. The first-order valence-corrected chi connectivity index (χ1v) is 9.01. The van der Waals surface area contributed by atoms with E-state index in [-0.39, 0.29) is 29.0 Å². The van der Waals surface area contributed by atoms with Crippen LogP contribution in [0.3, 0.4) is 0 Å². The molecule has 8 nitrogen and oxygen atoms in total. The average Bonchev–Trinajstić information content (AvgIpc) is 2.76. The molecule has 1 aromatic carbocycles. The van der Waals surface area contributed by atoms with Gasteiger partial charge in [0.15, 0.2) is 0 Å². The molecule has 0 radical (unpaired) electrons. The van der Waals surface area contributed by atoms with Gasteiger partial charge in [-0.3, -0.25) is 0 Å². The van der Waals surface area contributed by atoms with Gasteiger partial charge in [-0.15, -0.1) is 0 Å². The minimum Gasteiger partial charge on any atom is -0.466 e. The number of carbonyl (C=O) groups is 3. The Morgan fingerprint density at radius 1 is 1.03 bits per heavy atom. The first kappa shape index (κ1) is 21.7. The Morgan fingerprint density at radius 3 is 2.24 bits per heavy atom. The fourth-order valence-corrected chi connectivity index (χ4v) is 3.23. The van der Waals surface area contributed by atoms with E-state index in [4.69, 9.17) is 14.2 Å². The Bertz CT molecular complexity index is 939. The van der Waals surface area contributed by atoms with E-state index in [9.17, 15) is 19.6 Å². The van der Waals surface area contributed by atoms with Gasteiger partial charge in [-0.2, -0.15) is 5.26 Å². The largest absolute Gasteiger partial charge is 0.466 e. The molecule has 1 N–H and O–H groups in total. The van der Waals surface area contributed by atoms with Crippen LogP contribution < -0.4 is 5.32 Å². The predicted octanol–water partition coefficient (Wildman–Crippen LogP) is 2.07. The minimum absolute atomic E-state index is 0.118. The van der Waals surface area contributed by atoms with Crippen molar-refractivity contribution in [3.63, 3.8) is 0 Å². The number of benzene rings is 1. The Hall–Kier alpha value is -3.60. The van der Waals surface area contributed by atoms with Crippen LogP contribution in [0.2, 0.25) is 0 Å². The molecule has 0 aliphatic carbocycles. The number of hydrogen-bond acceptors (Lipinski definition) is 8. The van der Waals surface area contributed by atoms with E-state index >= 15 is 0 Å². The number of esters is 3. The number of ether oxygens (including phenoxy) is 3. The number of allylic oxidation sites excluding steroid dienone is 1. The van der Waals surface area contributed by atoms with Crippen LogP contribution in [0, 0.1) is 11.3 Å². The van der Waals surface area contributed by atoms with E-state index in [0.29, 0.717) is 17.7 Å². The molecule has 0 bridgehead atoms. The molecule has 1 heterocycles. The van der Waals surface area contributed by atoms with Gasteiger partial charge in [-0.05, 0) is 25.0 Å². The summed E-state index contributed by atoms with van der Waals surface area (Å²) in [5.41, 5.74) is 0.915. The van der Waals surface area contributed by atoms with Crippen molar-refractivity contribution in [1.29, 1.82) is 5.26 Å². The van der Waals surface area contributed by atoms with E-state index in [2.05, 4.69) is 11.4 Å². The van der Waals surface area contributed by atoms with Crippen molar-refractivity contribution in [2.45, 2.75) is 26.2 Å². The van der Waals surface area contributed by atoms with Crippen LogP contribution in [0.5, 0.6) is 0 Å². The molecule has 0 saturated carbocycles. The quantitative estimate of drug-likeness (QED) is 0.572. The average molecular weight is 398 g/mol. The predicted molar refractivity (Wildman–Crippen MR) is 102 cm³/mol. The van der Waals surface area contributed by atoms with Crippen molar-refractivity contribution < 1.29 is 28.6 Å². The van der Waals surface area contributed by atoms with Crippen molar-refractivity contribution in [2.24, 2.45) is 0 Å². The van der Waals surface area contributed by atoms with Crippen molar-refractivity contribution in [3.05, 3.63) is 57.9 Å². The van der Waals surface area contributed by atoms with Crippen LogP contribution in [-0.2, 0) is 28.6 Å². The standard InChI is InChI=1S/C21H22N2O6/c1-5-14-16(20(25)29-6-2)15(13-10-8-7-9-12(13)11-22)17(19(24)27-3)18(23-14)21(26)28-4/h7-10,15,23H,5-6H2,1-4H3. The Labute approximate surface area is 168 Å². The normalized spacial score (nSPS) is 15.9. The summed E-state index contributed by atoms with van der Waals surface area (Å²) in [6.45, 7) is 3.56. The summed E-state index contributed by atoms with van der Waals surface area (Å²) in [6.07, 6.45) is 0.342. The van der Waals surface area contributed by atoms with Crippen LogP contribution in [-0.4, -0.2) is 38.7 Å². The van der Waals surface area contributed by atoms with Crippen LogP contribution in [0.25, 0.3) is 0 Å². The molecule has 0 aromatic heterocycles. The molecule has 1 unspecified atom stereocenters. The van der Waals surface area contributed by atoms with Gasteiger partial charge in [0, 0.05) is 5.70 Å². The maximum absolute atomic E-state index is 12.9. The van der Waals surface area contributed by atoms with Crippen molar-refractivity contribution in [3.8, 4) is 6.07 Å². The molecule has 1 atom stereocenters. The molecule has 0 spiro atoms. The highest BCUT2D eigenvalue weighted by molar-refractivity contribution is 6.06. The van der Waals surface area contributed by atoms with E-state index < -0.39 is 23.8 Å². The van der Waals surface area contributed by atoms with Crippen LogP contribution >= 0.6 is 0 Å². The highest BCUT2D eigenvalue weighted by atomic mass is 16.5. The van der Waals surface area contributed by atoms with Crippen LogP contribution in [0.4, 0.5) is 0 Å². The fraction of sp³-hybridized carbons (Fsp3) is 0.333. The molecule has 1 aliphatic heterocycles. The minimum atomic E-state index is -1.04. The van der Waals surface area contributed by atoms with Gasteiger partial charge >= 0.3 is 17.9 Å². The van der Waals surface area contributed by atoms with E-state index in [1.165, 1.54) is 14.2 Å². The van der Waals surface area contributed by atoms with Gasteiger partial charge in [0.25, 0.3) is 0 Å². The maximum atomic E-state index is 12.9. The van der Waals surface area contributed by atoms with Crippen LogP contribution in [0.15, 0.2) is 46.8 Å². The molecule has 2 rings (SSSR count). The number of methoxy groups -OCH3 is 2. The van der Waals surface area contributed by atoms with E-state index in [1.807, 2.05) is 0 Å². The molecule has 152 valence electrons. The lowest BCUT2D eigenvalue weighted by atomic mass is 9.78. The van der Waals surface area contributed by atoms with Crippen molar-refractivity contribution in [2.75, 3.05) is 20.8 Å². The molecule has 29 heavy (non-hydrogen) atoms. The van der Waals surface area contributed by atoms with Gasteiger partial charge in [-0.1, -0.05) is 25.1 Å². The zero-order valence-corrected chi connectivity index (χ0v) is 16.7. The monoisotopic (exact) mass is 398 g/mol. The third-order valence-electron chi connectivity index (χ3n) is 4.48. The number of nitriles is 1. The molecular weight excluding hydrogens is 376 g/mol. The number of carbonyl (C=O) groups excluding carboxylic acids is 3. The molecule has 1 aliphatic rings. The summed E-state index contributed by atoms with van der Waals surface area (Å²) in [7, 11) is 2.35. The summed E-state index contributed by atoms with van der Waals surface area (Å²) < 4.78 is 14.9. The van der Waals surface area contributed by atoms with Crippen molar-refractivity contribution in [1.82, 2.24) is 5.32 Å². The van der Waals surface area contributed by atoms with Crippen LogP contribution in [0.1, 0.15) is 37.3 Å². The number of dihydropyridines is 1. The van der Waals surface area contributed by atoms with E-state index in [1.54, 1.807) is 38.1 Å². The van der Waals surface area contributed by atoms with Crippen molar-refractivity contribution >= 4 is 17.9 Å². The summed E-state index contributed by atoms with van der Waals surface area (Å²) in [5.74, 6) is -3.31. The maximum Gasteiger partial charge on any atom is 0.355 e. The first-order chi connectivity index (χ1) is 13.9. The molecule has 0 fully saturated rings. The molecule has 0 amide bonds. The number of nitrogens with one attached hydrogen (secondary N) is 1. The second-order valence-corrected chi connectivity index (χ2v) is 6.00. The number of hydrogen-bond donors (Lipinski definition) is 1. The lowest BCUT2D eigenvalue weighted by Gasteiger charge is -2.31. The molecule has 1 aromatic rings. The Balaban J connectivity index is 2.91. The Morgan fingerprint density at radius 2 is 1.69 bits per heavy atom. The number of nitrogens with zero attached hydrogens (tertiary/aromatic N) is 1. The number of rotatable bonds is 6. The smallest absolute Gasteiger partial charge is 0.355 e. The SMILES string of the molecule is CCOC(=O)C1=C(CC)NC(C(=O)OC)=C(C(=O)OC)C1c1ccccc1C#N. The molecular formula is C21H22N2O6. The fourth-order valence-electron chi connectivity index (χ4n) is 3.23. The van der Waals surface area contributed by atoms with Gasteiger partial charge in [0.2, 0.25) is 0 Å². The third-order valence-corrected chi connectivity index (χ3v) is 4.48. The zero-order chi connectivity index (χ0) is 21.6. The summed E-state index contributed by atoms with van der Waals surface area (Å²) >= 11 is 0. The zero-order valence-electron chi connectivity index (χ0n) is 16.7.